The Morgan fingerprint density at radius 2 is 2.50 bits per heavy atom. The quantitative estimate of drug-likeness (QED) is 0.697. The van der Waals surface area contributed by atoms with E-state index >= 15 is 0 Å². The number of H-pyrrole nitrogens is 1. The molecule has 0 aromatic carbocycles. The van der Waals surface area contributed by atoms with Gasteiger partial charge in [0.1, 0.15) is 5.75 Å². The van der Waals surface area contributed by atoms with Crippen LogP contribution in [0.15, 0.2) is 12.3 Å². The minimum Gasteiger partial charge on any atom is -0.495 e. The van der Waals surface area contributed by atoms with Gasteiger partial charge in [-0.15, -0.1) is 0 Å². The summed E-state index contributed by atoms with van der Waals surface area (Å²) < 4.78 is 5.23. The molecule has 1 unspecified atom stereocenters. The van der Waals surface area contributed by atoms with Crippen molar-refractivity contribution in [2.45, 2.75) is 18.9 Å². The van der Waals surface area contributed by atoms with Gasteiger partial charge < -0.3 is 15.0 Å². The summed E-state index contributed by atoms with van der Waals surface area (Å²) in [5, 5.41) is 3.42. The van der Waals surface area contributed by atoms with Crippen LogP contribution in [0.4, 0.5) is 0 Å². The summed E-state index contributed by atoms with van der Waals surface area (Å²) in [6.07, 6.45) is 4.39. The second kappa shape index (κ2) is 3.19. The molecule has 0 spiro atoms. The van der Waals surface area contributed by atoms with Crippen molar-refractivity contribution in [3.63, 3.8) is 0 Å². The fourth-order valence-corrected chi connectivity index (χ4v) is 1.75. The summed E-state index contributed by atoms with van der Waals surface area (Å²) in [4.78, 5) is 3.21. The number of aromatic nitrogens is 1. The molecule has 0 saturated carbocycles. The van der Waals surface area contributed by atoms with Crippen molar-refractivity contribution in [1.82, 2.24) is 10.3 Å². The molecule has 66 valence electrons. The van der Waals surface area contributed by atoms with Crippen LogP contribution < -0.4 is 10.1 Å². The van der Waals surface area contributed by atoms with E-state index in [4.69, 9.17) is 4.74 Å². The number of hydrogen-bond acceptors (Lipinski definition) is 2. The van der Waals surface area contributed by atoms with Crippen LogP contribution in [-0.2, 0) is 0 Å². The van der Waals surface area contributed by atoms with Crippen LogP contribution in [0.1, 0.15) is 24.6 Å². The standard InChI is InChI=1S/C9H14N2O/c1-12-8-4-6-11-9(8)7-3-2-5-10-7/h4,6-7,10-11H,2-3,5H2,1H3. The first-order valence-corrected chi connectivity index (χ1v) is 4.36. The minimum absolute atomic E-state index is 0.468. The molecule has 3 heteroatoms. The molecular weight excluding hydrogens is 152 g/mol. The number of rotatable bonds is 2. The maximum absolute atomic E-state index is 5.23. The van der Waals surface area contributed by atoms with Crippen molar-refractivity contribution in [3.05, 3.63) is 18.0 Å². The van der Waals surface area contributed by atoms with Crippen LogP contribution in [-0.4, -0.2) is 18.6 Å². The summed E-state index contributed by atoms with van der Waals surface area (Å²) in [6, 6.07) is 2.44. The van der Waals surface area contributed by atoms with E-state index in [2.05, 4.69) is 10.3 Å². The molecule has 0 bridgehead atoms. The first-order valence-electron chi connectivity index (χ1n) is 4.36. The summed E-state index contributed by atoms with van der Waals surface area (Å²) in [7, 11) is 1.71. The molecule has 0 amide bonds. The highest BCUT2D eigenvalue weighted by molar-refractivity contribution is 5.30. The molecule has 2 rings (SSSR count). The molecule has 2 N–H and O–H groups in total. The molecule has 1 aromatic rings. The summed E-state index contributed by atoms with van der Waals surface area (Å²) in [5.41, 5.74) is 1.19. The highest BCUT2D eigenvalue weighted by Crippen LogP contribution is 2.28. The number of methoxy groups -OCH3 is 1. The lowest BCUT2D eigenvalue weighted by Crippen LogP contribution is -2.13. The largest absolute Gasteiger partial charge is 0.495 e. The van der Waals surface area contributed by atoms with Crippen molar-refractivity contribution >= 4 is 0 Å². The van der Waals surface area contributed by atoms with E-state index in [1.807, 2.05) is 12.3 Å². The second-order valence-corrected chi connectivity index (χ2v) is 3.11. The fourth-order valence-electron chi connectivity index (χ4n) is 1.75. The summed E-state index contributed by atoms with van der Waals surface area (Å²) in [5.74, 6) is 0.967. The van der Waals surface area contributed by atoms with Crippen molar-refractivity contribution < 1.29 is 4.74 Å². The zero-order valence-corrected chi connectivity index (χ0v) is 7.26. The lowest BCUT2D eigenvalue weighted by atomic mass is 10.1. The van der Waals surface area contributed by atoms with E-state index in [1.165, 1.54) is 18.5 Å². The van der Waals surface area contributed by atoms with Gasteiger partial charge in [0, 0.05) is 6.20 Å². The number of nitrogens with one attached hydrogen (secondary N) is 2. The number of aromatic amines is 1. The Kier molecular flexibility index (Phi) is 2.04. The van der Waals surface area contributed by atoms with E-state index in [9.17, 15) is 0 Å². The van der Waals surface area contributed by atoms with Gasteiger partial charge in [-0.25, -0.2) is 0 Å². The smallest absolute Gasteiger partial charge is 0.141 e. The predicted octanol–water partition coefficient (Wildman–Crippen LogP) is 1.45. The SMILES string of the molecule is COc1cc[nH]c1C1CCCN1. The van der Waals surface area contributed by atoms with Gasteiger partial charge in [-0.3, -0.25) is 0 Å². The maximum atomic E-state index is 5.23. The third kappa shape index (κ3) is 1.20. The fraction of sp³-hybridized carbons (Fsp3) is 0.556. The molecule has 1 saturated heterocycles. The van der Waals surface area contributed by atoms with E-state index < -0.39 is 0 Å². The van der Waals surface area contributed by atoms with Gasteiger partial charge in [0.15, 0.2) is 0 Å². The van der Waals surface area contributed by atoms with Gasteiger partial charge in [-0.05, 0) is 25.5 Å². The van der Waals surface area contributed by atoms with Gasteiger partial charge in [0.25, 0.3) is 0 Å². The first-order chi connectivity index (χ1) is 5.92. The van der Waals surface area contributed by atoms with Crippen LogP contribution in [0.5, 0.6) is 5.75 Å². The lowest BCUT2D eigenvalue weighted by Gasteiger charge is -2.09. The Morgan fingerprint density at radius 1 is 1.58 bits per heavy atom. The van der Waals surface area contributed by atoms with E-state index in [0.717, 1.165) is 12.3 Å². The van der Waals surface area contributed by atoms with Crippen LogP contribution in [0, 0.1) is 0 Å². The molecule has 0 aliphatic carbocycles. The molecule has 1 aromatic heterocycles. The Morgan fingerprint density at radius 3 is 3.17 bits per heavy atom. The normalized spacial score (nSPS) is 22.9. The van der Waals surface area contributed by atoms with E-state index in [0.29, 0.717) is 6.04 Å². The first kappa shape index (κ1) is 7.68. The average molecular weight is 166 g/mol. The third-order valence-electron chi connectivity index (χ3n) is 2.37. The van der Waals surface area contributed by atoms with Crippen molar-refractivity contribution in [2.24, 2.45) is 0 Å². The highest BCUT2D eigenvalue weighted by Gasteiger charge is 2.20. The molecule has 1 aliphatic heterocycles. The average Bonchev–Trinajstić information content (AvgIpc) is 2.74. The van der Waals surface area contributed by atoms with Crippen molar-refractivity contribution in [2.75, 3.05) is 13.7 Å². The van der Waals surface area contributed by atoms with Crippen LogP contribution in [0.3, 0.4) is 0 Å². The van der Waals surface area contributed by atoms with Gasteiger partial charge in [-0.2, -0.15) is 0 Å². The molecule has 1 atom stereocenters. The van der Waals surface area contributed by atoms with Crippen molar-refractivity contribution in [1.29, 1.82) is 0 Å². The molecule has 3 nitrogen and oxygen atoms in total. The summed E-state index contributed by atoms with van der Waals surface area (Å²) >= 11 is 0. The Bertz CT molecular complexity index is 251. The monoisotopic (exact) mass is 166 g/mol. The number of ether oxygens (including phenoxy) is 1. The molecule has 12 heavy (non-hydrogen) atoms. The van der Waals surface area contributed by atoms with Crippen LogP contribution >= 0.6 is 0 Å². The van der Waals surface area contributed by atoms with Crippen LogP contribution in [0.2, 0.25) is 0 Å². The minimum atomic E-state index is 0.468. The van der Waals surface area contributed by atoms with Crippen molar-refractivity contribution in [3.8, 4) is 5.75 Å². The van der Waals surface area contributed by atoms with Gasteiger partial charge in [-0.1, -0.05) is 0 Å². The van der Waals surface area contributed by atoms with E-state index in [-0.39, 0.29) is 0 Å². The van der Waals surface area contributed by atoms with Gasteiger partial charge in [0.2, 0.25) is 0 Å². The Hall–Kier alpha value is -0.960. The maximum Gasteiger partial charge on any atom is 0.141 e. The molecule has 1 aliphatic rings. The van der Waals surface area contributed by atoms with E-state index in [1.54, 1.807) is 7.11 Å². The van der Waals surface area contributed by atoms with Gasteiger partial charge >= 0.3 is 0 Å². The molecular formula is C9H14N2O. The lowest BCUT2D eigenvalue weighted by molar-refractivity contribution is 0.403. The zero-order valence-electron chi connectivity index (χ0n) is 7.26. The van der Waals surface area contributed by atoms with Crippen LogP contribution in [0.25, 0.3) is 0 Å². The second-order valence-electron chi connectivity index (χ2n) is 3.11. The molecule has 1 fully saturated rings. The summed E-state index contributed by atoms with van der Waals surface area (Å²) in [6.45, 7) is 1.12. The third-order valence-corrected chi connectivity index (χ3v) is 2.37. The topological polar surface area (TPSA) is 37.0 Å². The predicted molar refractivity (Wildman–Crippen MR) is 47.3 cm³/mol. The Labute approximate surface area is 72.1 Å². The molecule has 0 radical (unpaired) electrons. The number of hydrogen-bond donors (Lipinski definition) is 2. The Balaban J connectivity index is 2.19. The molecule has 2 heterocycles. The van der Waals surface area contributed by atoms with Gasteiger partial charge in [0.05, 0.1) is 18.8 Å². The zero-order chi connectivity index (χ0) is 8.39. The highest BCUT2D eigenvalue weighted by atomic mass is 16.5.